The molecular weight excluding hydrogens is 264 g/mol. The van der Waals surface area contributed by atoms with E-state index >= 15 is 0 Å². The molecule has 1 N–H and O–H groups in total. The largest absolute Gasteiger partial charge is 0.310 e. The molecule has 1 aliphatic rings. The van der Waals surface area contributed by atoms with Crippen molar-refractivity contribution in [3.8, 4) is 0 Å². The number of thioether (sulfide) groups is 1. The van der Waals surface area contributed by atoms with Gasteiger partial charge in [-0.25, -0.2) is 0 Å². The number of benzene rings is 1. The number of rotatable bonds is 7. The smallest absolute Gasteiger partial charge is 0.0417 e. The van der Waals surface area contributed by atoms with Gasteiger partial charge in [0, 0.05) is 34.8 Å². The van der Waals surface area contributed by atoms with Gasteiger partial charge in [0.2, 0.25) is 0 Å². The minimum Gasteiger partial charge on any atom is -0.310 e. The van der Waals surface area contributed by atoms with E-state index in [1.54, 1.807) is 0 Å². The molecule has 1 aromatic carbocycles. The Kier molecular flexibility index (Phi) is 5.37. The third-order valence-electron chi connectivity index (χ3n) is 2.98. The van der Waals surface area contributed by atoms with Crippen molar-refractivity contribution in [3.05, 3.63) is 28.8 Å². The van der Waals surface area contributed by atoms with Crippen LogP contribution in [0.15, 0.2) is 23.1 Å². The van der Waals surface area contributed by atoms with Crippen LogP contribution in [0.1, 0.15) is 18.4 Å². The Morgan fingerprint density at radius 3 is 2.83 bits per heavy atom. The Bertz CT molecular complexity index is 391. The average molecular weight is 285 g/mol. The van der Waals surface area contributed by atoms with E-state index in [0.29, 0.717) is 0 Å². The molecular formula is C14H21ClN2S. The van der Waals surface area contributed by atoms with Crippen LogP contribution in [0.25, 0.3) is 0 Å². The van der Waals surface area contributed by atoms with Gasteiger partial charge in [-0.1, -0.05) is 17.7 Å². The van der Waals surface area contributed by atoms with Crippen LogP contribution in [0.3, 0.4) is 0 Å². The highest BCUT2D eigenvalue weighted by Gasteiger charge is 2.20. The van der Waals surface area contributed by atoms with E-state index in [-0.39, 0.29) is 0 Å². The first-order valence-corrected chi connectivity index (χ1v) is 7.81. The summed E-state index contributed by atoms with van der Waals surface area (Å²) in [6, 6.07) is 6.98. The molecule has 0 bridgehead atoms. The maximum absolute atomic E-state index is 6.09. The van der Waals surface area contributed by atoms with Crippen molar-refractivity contribution in [1.82, 2.24) is 10.2 Å². The third kappa shape index (κ3) is 4.81. The van der Waals surface area contributed by atoms with Gasteiger partial charge in [-0.3, -0.25) is 0 Å². The van der Waals surface area contributed by atoms with Gasteiger partial charge < -0.3 is 10.2 Å². The highest BCUT2D eigenvalue weighted by atomic mass is 35.5. The molecule has 0 heterocycles. The first-order chi connectivity index (χ1) is 8.65. The minimum absolute atomic E-state index is 0.750. The van der Waals surface area contributed by atoms with E-state index in [9.17, 15) is 0 Å². The van der Waals surface area contributed by atoms with Crippen molar-refractivity contribution >= 4 is 23.4 Å². The van der Waals surface area contributed by atoms with E-state index in [0.717, 1.165) is 29.9 Å². The van der Waals surface area contributed by atoms with Gasteiger partial charge in [-0.15, -0.1) is 11.8 Å². The Hall–Kier alpha value is -0.220. The molecule has 100 valence electrons. The molecule has 4 heteroatoms. The molecule has 1 aromatic rings. The van der Waals surface area contributed by atoms with Gasteiger partial charge in [-0.05, 0) is 44.6 Å². The number of nitrogens with zero attached hydrogens (tertiary/aromatic N) is 1. The van der Waals surface area contributed by atoms with Crippen molar-refractivity contribution in [2.45, 2.75) is 30.3 Å². The van der Waals surface area contributed by atoms with Crippen molar-refractivity contribution in [1.29, 1.82) is 0 Å². The minimum atomic E-state index is 0.750. The number of nitrogens with one attached hydrogen (secondary N) is 1. The van der Waals surface area contributed by atoms with Crippen molar-refractivity contribution in [3.63, 3.8) is 0 Å². The summed E-state index contributed by atoms with van der Waals surface area (Å²) in [5.41, 5.74) is 1.37. The summed E-state index contributed by atoms with van der Waals surface area (Å²) in [5, 5.41) is 4.40. The normalized spacial score (nSPS) is 15.3. The predicted octanol–water partition coefficient (Wildman–Crippen LogP) is 3.25. The topological polar surface area (TPSA) is 15.3 Å². The number of halogens is 1. The second kappa shape index (κ2) is 6.80. The lowest BCUT2D eigenvalue weighted by Crippen LogP contribution is -2.16. The zero-order valence-corrected chi connectivity index (χ0v) is 12.7. The van der Waals surface area contributed by atoms with E-state index in [4.69, 9.17) is 11.6 Å². The van der Waals surface area contributed by atoms with E-state index in [2.05, 4.69) is 36.4 Å². The fourth-order valence-electron chi connectivity index (χ4n) is 1.69. The third-order valence-corrected chi connectivity index (χ3v) is 4.30. The predicted molar refractivity (Wildman–Crippen MR) is 80.6 cm³/mol. The standard InChI is InChI=1S/C14H21ClN2S/c1-17(2)7-8-18-14-9-12(15)4-3-11(14)10-16-13-5-6-13/h3-4,9,13,16H,5-8,10H2,1-2H3. The Balaban J connectivity index is 1.93. The first-order valence-electron chi connectivity index (χ1n) is 6.44. The summed E-state index contributed by atoms with van der Waals surface area (Å²) in [6.07, 6.45) is 2.66. The Morgan fingerprint density at radius 2 is 2.17 bits per heavy atom. The average Bonchev–Trinajstić information content (AvgIpc) is 3.11. The van der Waals surface area contributed by atoms with Gasteiger partial charge in [-0.2, -0.15) is 0 Å². The maximum Gasteiger partial charge on any atom is 0.0417 e. The lowest BCUT2D eigenvalue weighted by Gasteiger charge is -2.12. The molecule has 0 aromatic heterocycles. The van der Waals surface area contributed by atoms with Crippen LogP contribution < -0.4 is 5.32 Å². The van der Waals surface area contributed by atoms with Crippen LogP contribution in [0.5, 0.6) is 0 Å². The van der Waals surface area contributed by atoms with Gasteiger partial charge in [0.15, 0.2) is 0 Å². The molecule has 1 aliphatic carbocycles. The Morgan fingerprint density at radius 1 is 1.39 bits per heavy atom. The summed E-state index contributed by atoms with van der Waals surface area (Å²) in [7, 11) is 4.21. The zero-order valence-electron chi connectivity index (χ0n) is 11.1. The van der Waals surface area contributed by atoms with Gasteiger partial charge in [0.1, 0.15) is 0 Å². The molecule has 18 heavy (non-hydrogen) atoms. The molecule has 2 rings (SSSR count). The maximum atomic E-state index is 6.09. The second-order valence-corrected chi connectivity index (χ2v) is 6.63. The summed E-state index contributed by atoms with van der Waals surface area (Å²) < 4.78 is 0. The van der Waals surface area contributed by atoms with Gasteiger partial charge in [0.05, 0.1) is 0 Å². The monoisotopic (exact) mass is 284 g/mol. The quantitative estimate of drug-likeness (QED) is 0.774. The number of hydrogen-bond donors (Lipinski definition) is 1. The number of hydrogen-bond acceptors (Lipinski definition) is 3. The van der Waals surface area contributed by atoms with Gasteiger partial charge in [0.25, 0.3) is 0 Å². The zero-order chi connectivity index (χ0) is 13.0. The summed E-state index contributed by atoms with van der Waals surface area (Å²) in [6.45, 7) is 2.05. The van der Waals surface area contributed by atoms with Crippen molar-refractivity contribution < 1.29 is 0 Å². The highest BCUT2D eigenvalue weighted by molar-refractivity contribution is 7.99. The van der Waals surface area contributed by atoms with Crippen LogP contribution in [0.2, 0.25) is 5.02 Å². The molecule has 1 saturated carbocycles. The van der Waals surface area contributed by atoms with E-state index < -0.39 is 0 Å². The van der Waals surface area contributed by atoms with E-state index in [1.807, 2.05) is 17.8 Å². The molecule has 0 atom stereocenters. The summed E-state index contributed by atoms with van der Waals surface area (Å²) in [5.74, 6) is 1.10. The summed E-state index contributed by atoms with van der Waals surface area (Å²) >= 11 is 7.98. The molecule has 0 spiro atoms. The molecule has 0 amide bonds. The van der Waals surface area contributed by atoms with Crippen LogP contribution in [0, 0.1) is 0 Å². The van der Waals surface area contributed by atoms with Crippen LogP contribution in [-0.4, -0.2) is 37.3 Å². The highest BCUT2D eigenvalue weighted by Crippen LogP contribution is 2.27. The second-order valence-electron chi connectivity index (χ2n) is 5.06. The van der Waals surface area contributed by atoms with Crippen molar-refractivity contribution in [2.24, 2.45) is 0 Å². The molecule has 0 radical (unpaired) electrons. The van der Waals surface area contributed by atoms with Crippen molar-refractivity contribution in [2.75, 3.05) is 26.4 Å². The lowest BCUT2D eigenvalue weighted by molar-refractivity contribution is 0.437. The molecule has 0 unspecified atom stereocenters. The first kappa shape index (κ1) is 14.2. The van der Waals surface area contributed by atoms with Gasteiger partial charge >= 0.3 is 0 Å². The van der Waals surface area contributed by atoms with Crippen LogP contribution >= 0.6 is 23.4 Å². The fraction of sp³-hybridized carbons (Fsp3) is 0.571. The molecule has 1 fully saturated rings. The fourth-order valence-corrected chi connectivity index (χ4v) is 3.14. The SMILES string of the molecule is CN(C)CCSc1cc(Cl)ccc1CNC1CC1. The van der Waals surface area contributed by atoms with E-state index in [1.165, 1.54) is 23.3 Å². The Labute approximate surface area is 119 Å². The summed E-state index contributed by atoms with van der Waals surface area (Å²) in [4.78, 5) is 3.53. The lowest BCUT2D eigenvalue weighted by atomic mass is 10.2. The molecule has 0 aliphatic heterocycles. The molecule has 2 nitrogen and oxygen atoms in total. The van der Waals surface area contributed by atoms with Crippen LogP contribution in [-0.2, 0) is 6.54 Å². The van der Waals surface area contributed by atoms with Crippen LogP contribution in [0.4, 0.5) is 0 Å². The molecule has 0 saturated heterocycles.